The molecule has 1 aliphatic rings. The molecule has 0 aliphatic heterocycles. The molecule has 0 aromatic heterocycles. The number of hydrogen-bond acceptors (Lipinski definition) is 1. The van der Waals surface area contributed by atoms with Crippen LogP contribution in [0.2, 0.25) is 0 Å². The zero-order valence-electron chi connectivity index (χ0n) is 9.14. The van der Waals surface area contributed by atoms with Crippen molar-refractivity contribution in [2.75, 3.05) is 6.54 Å². The molecule has 0 spiro atoms. The van der Waals surface area contributed by atoms with Gasteiger partial charge in [-0.2, -0.15) is 0 Å². The summed E-state index contributed by atoms with van der Waals surface area (Å²) in [6, 6.07) is 9.02. The highest BCUT2D eigenvalue weighted by Crippen LogP contribution is 2.45. The van der Waals surface area contributed by atoms with Crippen molar-refractivity contribution in [2.45, 2.75) is 38.6 Å². The van der Waals surface area contributed by atoms with Gasteiger partial charge < -0.3 is 5.32 Å². The second-order valence-corrected chi connectivity index (χ2v) is 4.17. The Bertz CT molecular complexity index is 313. The first-order valence-corrected chi connectivity index (χ1v) is 5.65. The van der Waals surface area contributed by atoms with E-state index in [0.717, 1.165) is 13.0 Å². The predicted octanol–water partition coefficient (Wildman–Crippen LogP) is 2.85. The molecule has 1 aromatic carbocycles. The van der Waals surface area contributed by atoms with Crippen molar-refractivity contribution >= 4 is 0 Å². The average molecular weight is 189 g/mol. The maximum atomic E-state index is 3.60. The molecule has 0 heterocycles. The SMILES string of the molecule is CCNC1(c2cccc(CC)c2)CC1. The molecular formula is C13H19N. The monoisotopic (exact) mass is 189 g/mol. The molecule has 1 aliphatic carbocycles. The van der Waals surface area contributed by atoms with Crippen LogP contribution in [0.25, 0.3) is 0 Å². The lowest BCUT2D eigenvalue weighted by molar-refractivity contribution is 0.539. The van der Waals surface area contributed by atoms with Gasteiger partial charge in [-0.3, -0.25) is 0 Å². The van der Waals surface area contributed by atoms with E-state index < -0.39 is 0 Å². The molecule has 0 bridgehead atoms. The summed E-state index contributed by atoms with van der Waals surface area (Å²) < 4.78 is 0. The summed E-state index contributed by atoms with van der Waals surface area (Å²) >= 11 is 0. The lowest BCUT2D eigenvalue weighted by atomic mass is 10.0. The maximum absolute atomic E-state index is 3.60. The highest BCUT2D eigenvalue weighted by Gasteiger charge is 2.43. The van der Waals surface area contributed by atoms with Gasteiger partial charge in [0.15, 0.2) is 0 Å². The van der Waals surface area contributed by atoms with Crippen LogP contribution in [0.15, 0.2) is 24.3 Å². The van der Waals surface area contributed by atoms with Crippen LogP contribution in [0.3, 0.4) is 0 Å². The molecular weight excluding hydrogens is 170 g/mol. The molecule has 1 nitrogen and oxygen atoms in total. The molecule has 14 heavy (non-hydrogen) atoms. The van der Waals surface area contributed by atoms with Crippen LogP contribution in [0.4, 0.5) is 0 Å². The van der Waals surface area contributed by atoms with Gasteiger partial charge in [-0.05, 0) is 36.9 Å². The largest absolute Gasteiger partial charge is 0.308 e. The van der Waals surface area contributed by atoms with E-state index >= 15 is 0 Å². The van der Waals surface area contributed by atoms with Gasteiger partial charge in [-0.1, -0.05) is 38.1 Å². The summed E-state index contributed by atoms with van der Waals surface area (Å²) in [5.74, 6) is 0. The van der Waals surface area contributed by atoms with Gasteiger partial charge in [-0.25, -0.2) is 0 Å². The Labute approximate surface area is 86.5 Å². The zero-order chi connectivity index (χ0) is 10.0. The van der Waals surface area contributed by atoms with Crippen molar-refractivity contribution in [1.29, 1.82) is 0 Å². The molecule has 0 atom stereocenters. The number of aryl methyl sites for hydroxylation is 1. The van der Waals surface area contributed by atoms with Crippen LogP contribution in [0, 0.1) is 0 Å². The number of hydrogen-bond donors (Lipinski definition) is 1. The van der Waals surface area contributed by atoms with E-state index in [1.165, 1.54) is 24.0 Å². The van der Waals surface area contributed by atoms with Crippen molar-refractivity contribution < 1.29 is 0 Å². The summed E-state index contributed by atoms with van der Waals surface area (Å²) in [5, 5.41) is 3.60. The van der Waals surface area contributed by atoms with Gasteiger partial charge in [0.1, 0.15) is 0 Å². The molecule has 0 saturated heterocycles. The zero-order valence-corrected chi connectivity index (χ0v) is 9.14. The van der Waals surface area contributed by atoms with E-state index in [-0.39, 0.29) is 0 Å². The Morgan fingerprint density at radius 3 is 2.64 bits per heavy atom. The average Bonchev–Trinajstić information content (AvgIpc) is 3.00. The Morgan fingerprint density at radius 1 is 1.29 bits per heavy atom. The van der Waals surface area contributed by atoms with Gasteiger partial charge in [0.25, 0.3) is 0 Å². The summed E-state index contributed by atoms with van der Waals surface area (Å²) in [4.78, 5) is 0. The molecule has 1 heteroatoms. The molecule has 0 amide bonds. The van der Waals surface area contributed by atoms with Crippen LogP contribution in [0.5, 0.6) is 0 Å². The summed E-state index contributed by atoms with van der Waals surface area (Å²) in [6.45, 7) is 5.46. The maximum Gasteiger partial charge on any atom is 0.0436 e. The molecule has 0 unspecified atom stereocenters. The normalized spacial score (nSPS) is 18.1. The molecule has 76 valence electrons. The minimum absolute atomic E-state index is 0.333. The first-order valence-electron chi connectivity index (χ1n) is 5.65. The van der Waals surface area contributed by atoms with Gasteiger partial charge in [0, 0.05) is 5.54 Å². The second kappa shape index (κ2) is 3.74. The van der Waals surface area contributed by atoms with Crippen molar-refractivity contribution in [1.82, 2.24) is 5.32 Å². The Balaban J connectivity index is 2.23. The van der Waals surface area contributed by atoms with Crippen LogP contribution in [-0.2, 0) is 12.0 Å². The number of nitrogens with one attached hydrogen (secondary N) is 1. The van der Waals surface area contributed by atoms with Crippen LogP contribution in [-0.4, -0.2) is 6.54 Å². The molecule has 1 aromatic rings. The number of benzene rings is 1. The van der Waals surface area contributed by atoms with E-state index in [4.69, 9.17) is 0 Å². The standard InChI is InChI=1S/C13H19N/c1-3-11-6-5-7-12(10-11)13(8-9-13)14-4-2/h5-7,10,14H,3-4,8-9H2,1-2H3. The first kappa shape index (κ1) is 9.72. The highest BCUT2D eigenvalue weighted by atomic mass is 15.0. The van der Waals surface area contributed by atoms with E-state index in [2.05, 4.69) is 43.4 Å². The van der Waals surface area contributed by atoms with Crippen molar-refractivity contribution in [3.63, 3.8) is 0 Å². The fraction of sp³-hybridized carbons (Fsp3) is 0.538. The smallest absolute Gasteiger partial charge is 0.0436 e. The van der Waals surface area contributed by atoms with E-state index in [1.807, 2.05) is 0 Å². The summed E-state index contributed by atoms with van der Waals surface area (Å²) in [5.41, 5.74) is 3.27. The van der Waals surface area contributed by atoms with E-state index in [9.17, 15) is 0 Å². The first-order chi connectivity index (χ1) is 6.80. The van der Waals surface area contributed by atoms with Gasteiger partial charge in [0.05, 0.1) is 0 Å². The summed E-state index contributed by atoms with van der Waals surface area (Å²) in [7, 11) is 0. The fourth-order valence-electron chi connectivity index (χ4n) is 2.12. The topological polar surface area (TPSA) is 12.0 Å². The molecule has 1 N–H and O–H groups in total. The van der Waals surface area contributed by atoms with Crippen LogP contribution < -0.4 is 5.32 Å². The second-order valence-electron chi connectivity index (χ2n) is 4.17. The Kier molecular flexibility index (Phi) is 2.60. The number of rotatable bonds is 4. The lowest BCUT2D eigenvalue weighted by Gasteiger charge is -2.17. The third kappa shape index (κ3) is 1.69. The van der Waals surface area contributed by atoms with Gasteiger partial charge in [-0.15, -0.1) is 0 Å². The van der Waals surface area contributed by atoms with Gasteiger partial charge >= 0.3 is 0 Å². The van der Waals surface area contributed by atoms with Crippen LogP contribution >= 0.6 is 0 Å². The lowest BCUT2D eigenvalue weighted by Crippen LogP contribution is -2.28. The highest BCUT2D eigenvalue weighted by molar-refractivity contribution is 5.33. The van der Waals surface area contributed by atoms with Gasteiger partial charge in [0.2, 0.25) is 0 Å². The fourth-order valence-corrected chi connectivity index (χ4v) is 2.12. The van der Waals surface area contributed by atoms with E-state index in [0.29, 0.717) is 5.54 Å². The summed E-state index contributed by atoms with van der Waals surface area (Å²) in [6.07, 6.45) is 3.73. The Hall–Kier alpha value is -0.820. The Morgan fingerprint density at radius 2 is 2.07 bits per heavy atom. The minimum Gasteiger partial charge on any atom is -0.308 e. The van der Waals surface area contributed by atoms with Crippen molar-refractivity contribution in [2.24, 2.45) is 0 Å². The van der Waals surface area contributed by atoms with Crippen LogP contribution in [0.1, 0.15) is 37.8 Å². The third-order valence-electron chi connectivity index (χ3n) is 3.15. The molecule has 2 rings (SSSR count). The van der Waals surface area contributed by atoms with Crippen molar-refractivity contribution in [3.8, 4) is 0 Å². The minimum atomic E-state index is 0.333. The quantitative estimate of drug-likeness (QED) is 0.768. The predicted molar refractivity (Wildman–Crippen MR) is 60.4 cm³/mol. The molecule has 1 saturated carbocycles. The van der Waals surface area contributed by atoms with E-state index in [1.54, 1.807) is 0 Å². The van der Waals surface area contributed by atoms with Crippen molar-refractivity contribution in [3.05, 3.63) is 35.4 Å². The molecule has 1 fully saturated rings. The molecule has 0 radical (unpaired) electrons. The third-order valence-corrected chi connectivity index (χ3v) is 3.15.